The van der Waals surface area contributed by atoms with E-state index >= 15 is 0 Å². The van der Waals surface area contributed by atoms with Crippen molar-refractivity contribution in [3.05, 3.63) is 82.2 Å². The smallest absolute Gasteiger partial charge is 0.204 e. The van der Waals surface area contributed by atoms with Gasteiger partial charge in [0, 0.05) is 11.3 Å². The molecule has 3 rings (SSSR count). The van der Waals surface area contributed by atoms with Gasteiger partial charge in [-0.25, -0.2) is 4.98 Å². The van der Waals surface area contributed by atoms with Gasteiger partial charge in [-0.1, -0.05) is 41.7 Å². The summed E-state index contributed by atoms with van der Waals surface area (Å²) in [5, 5.41) is 4.02. The summed E-state index contributed by atoms with van der Waals surface area (Å²) in [6.45, 7) is 10.0. The molecule has 3 aromatic rings. The van der Waals surface area contributed by atoms with Crippen LogP contribution >= 0.6 is 11.3 Å². The molecule has 24 heavy (non-hydrogen) atoms. The number of aryl methyl sites for hydroxylation is 3. The lowest BCUT2D eigenvalue weighted by Crippen LogP contribution is -2.00. The lowest BCUT2D eigenvalue weighted by atomic mass is 10.0. The number of rotatable bonds is 4. The lowest BCUT2D eigenvalue weighted by molar-refractivity contribution is 0.104. The summed E-state index contributed by atoms with van der Waals surface area (Å²) in [7, 11) is 0. The average molecular weight is 335 g/mol. The van der Waals surface area contributed by atoms with Crippen LogP contribution in [0.3, 0.4) is 0 Å². The molecule has 0 aliphatic heterocycles. The van der Waals surface area contributed by atoms with E-state index in [1.165, 1.54) is 11.3 Å². The van der Waals surface area contributed by atoms with E-state index in [-0.39, 0.29) is 5.78 Å². The highest BCUT2D eigenvalue weighted by atomic mass is 32.1. The van der Waals surface area contributed by atoms with E-state index in [1.54, 1.807) is 6.20 Å². The maximum Gasteiger partial charge on any atom is 0.204 e. The van der Waals surface area contributed by atoms with Gasteiger partial charge in [-0.05, 0) is 56.0 Å². The van der Waals surface area contributed by atoms with Gasteiger partial charge < -0.3 is 5.32 Å². The fourth-order valence-electron chi connectivity index (χ4n) is 2.52. The number of hydrogen-bond acceptors (Lipinski definition) is 4. The third-order valence-electron chi connectivity index (χ3n) is 4.04. The molecule has 4 heteroatoms. The first-order valence-electron chi connectivity index (χ1n) is 7.72. The molecule has 121 valence electrons. The molecule has 0 atom stereocenters. The van der Waals surface area contributed by atoms with Crippen molar-refractivity contribution in [1.29, 1.82) is 0 Å². The molecule has 0 fully saturated rings. The molecule has 0 amide bonds. The molecule has 2 aromatic carbocycles. The highest BCUT2D eigenvalue weighted by molar-refractivity contribution is 7.17. The van der Waals surface area contributed by atoms with Crippen LogP contribution in [-0.2, 0) is 0 Å². The van der Waals surface area contributed by atoms with Gasteiger partial charge in [0.1, 0.15) is 0 Å². The van der Waals surface area contributed by atoms with E-state index in [2.05, 4.69) is 23.3 Å². The first-order valence-corrected chi connectivity index (χ1v) is 8.53. The second-order valence-electron chi connectivity index (χ2n) is 5.89. The van der Waals surface area contributed by atoms with Gasteiger partial charge in [0.2, 0.25) is 5.78 Å². The number of nitrogens with one attached hydrogen (secondary N) is 1. The van der Waals surface area contributed by atoms with Crippen molar-refractivity contribution in [3.8, 4) is 0 Å². The molecule has 1 radical (unpaired) electrons. The molecule has 1 heterocycles. The molecule has 0 bridgehead atoms. The summed E-state index contributed by atoms with van der Waals surface area (Å²) in [6.07, 6.45) is 1.64. The van der Waals surface area contributed by atoms with Crippen molar-refractivity contribution in [3.63, 3.8) is 0 Å². The highest BCUT2D eigenvalue weighted by Gasteiger charge is 2.15. The fraction of sp³-hybridized carbons (Fsp3) is 0.150. The van der Waals surface area contributed by atoms with Crippen LogP contribution in [-0.4, -0.2) is 10.8 Å². The van der Waals surface area contributed by atoms with Crippen LogP contribution in [0.1, 0.15) is 37.5 Å². The van der Waals surface area contributed by atoms with E-state index in [4.69, 9.17) is 0 Å². The summed E-state index contributed by atoms with van der Waals surface area (Å²) >= 11 is 1.37. The predicted octanol–water partition coefficient (Wildman–Crippen LogP) is 5.23. The Labute approximate surface area is 146 Å². The van der Waals surface area contributed by atoms with Gasteiger partial charge in [0.05, 0.1) is 11.1 Å². The normalized spacial score (nSPS) is 10.7. The molecule has 0 saturated carbocycles. The molecule has 0 aliphatic rings. The maximum atomic E-state index is 12.6. The topological polar surface area (TPSA) is 42.0 Å². The van der Waals surface area contributed by atoms with Crippen molar-refractivity contribution in [1.82, 2.24) is 4.98 Å². The Bertz CT molecular complexity index is 912. The second kappa shape index (κ2) is 6.57. The Morgan fingerprint density at radius 3 is 2.58 bits per heavy atom. The molecule has 0 aliphatic carbocycles. The summed E-state index contributed by atoms with van der Waals surface area (Å²) in [6, 6.07) is 11.7. The van der Waals surface area contributed by atoms with Gasteiger partial charge in [-0.2, -0.15) is 0 Å². The summed E-state index contributed by atoms with van der Waals surface area (Å²) in [5.41, 5.74) is 5.93. The van der Waals surface area contributed by atoms with Crippen LogP contribution in [0.25, 0.3) is 0 Å². The monoisotopic (exact) mass is 335 g/mol. The molecule has 3 nitrogen and oxygen atoms in total. The van der Waals surface area contributed by atoms with Crippen molar-refractivity contribution in [2.75, 3.05) is 5.32 Å². The largest absolute Gasteiger partial charge is 0.331 e. The van der Waals surface area contributed by atoms with E-state index in [1.807, 2.05) is 51.1 Å². The molecular formula is C20H19N2OS. The summed E-state index contributed by atoms with van der Waals surface area (Å²) in [4.78, 5) is 17.6. The zero-order valence-electron chi connectivity index (χ0n) is 14.0. The minimum Gasteiger partial charge on any atom is -0.331 e. The number of thiazole rings is 1. The number of nitrogens with zero attached hydrogens (tertiary/aromatic N) is 1. The second-order valence-corrected chi connectivity index (χ2v) is 6.92. The SMILES string of the molecule is [CH2]c1cc(C)c(Nc2ncc(C(=O)c3ccccc3C)s2)cc1C. The minimum absolute atomic E-state index is 0.0136. The van der Waals surface area contributed by atoms with Gasteiger partial charge >= 0.3 is 0 Å². The quantitative estimate of drug-likeness (QED) is 0.664. The van der Waals surface area contributed by atoms with Crippen molar-refractivity contribution in [2.24, 2.45) is 0 Å². The minimum atomic E-state index is 0.0136. The van der Waals surface area contributed by atoms with E-state index in [0.29, 0.717) is 10.0 Å². The van der Waals surface area contributed by atoms with Gasteiger partial charge in [-0.3, -0.25) is 4.79 Å². The molecule has 0 spiro atoms. The number of benzene rings is 2. The Kier molecular flexibility index (Phi) is 4.49. The van der Waals surface area contributed by atoms with Crippen LogP contribution in [0.2, 0.25) is 0 Å². The Balaban J connectivity index is 1.85. The van der Waals surface area contributed by atoms with Crippen molar-refractivity contribution in [2.45, 2.75) is 20.8 Å². The third kappa shape index (κ3) is 3.24. The molecule has 0 unspecified atom stereocenters. The molecule has 1 aromatic heterocycles. The molecule has 1 N–H and O–H groups in total. The van der Waals surface area contributed by atoms with Gasteiger partial charge in [0.15, 0.2) is 5.13 Å². The fourth-order valence-corrected chi connectivity index (χ4v) is 3.31. The van der Waals surface area contributed by atoms with Crippen molar-refractivity contribution < 1.29 is 4.79 Å². The third-order valence-corrected chi connectivity index (χ3v) is 4.96. The number of ketones is 1. The van der Waals surface area contributed by atoms with E-state index < -0.39 is 0 Å². The van der Waals surface area contributed by atoms with Crippen LogP contribution in [0.5, 0.6) is 0 Å². The zero-order chi connectivity index (χ0) is 17.3. The van der Waals surface area contributed by atoms with E-state index in [9.17, 15) is 4.79 Å². The Hall–Kier alpha value is -2.46. The average Bonchev–Trinajstić information content (AvgIpc) is 3.01. The van der Waals surface area contributed by atoms with Gasteiger partial charge in [0.25, 0.3) is 0 Å². The molecular weight excluding hydrogens is 316 g/mol. The summed E-state index contributed by atoms with van der Waals surface area (Å²) < 4.78 is 0. The first-order chi connectivity index (χ1) is 11.5. The highest BCUT2D eigenvalue weighted by Crippen LogP contribution is 2.28. The number of anilines is 2. The Morgan fingerprint density at radius 2 is 1.83 bits per heavy atom. The first kappa shape index (κ1) is 16.4. The van der Waals surface area contributed by atoms with Crippen LogP contribution < -0.4 is 5.32 Å². The zero-order valence-corrected chi connectivity index (χ0v) is 14.8. The van der Waals surface area contributed by atoms with Gasteiger partial charge in [-0.15, -0.1) is 0 Å². The van der Waals surface area contributed by atoms with Crippen LogP contribution in [0, 0.1) is 27.7 Å². The number of carbonyl (C=O) groups excluding carboxylic acids is 1. The van der Waals surface area contributed by atoms with E-state index in [0.717, 1.165) is 33.5 Å². The maximum absolute atomic E-state index is 12.6. The van der Waals surface area contributed by atoms with Crippen LogP contribution in [0.15, 0.2) is 42.6 Å². The Morgan fingerprint density at radius 1 is 1.08 bits per heavy atom. The van der Waals surface area contributed by atoms with Crippen molar-refractivity contribution >= 4 is 27.9 Å². The standard InChI is InChI=1S/C20H19N2OS/c1-12-7-5-6-8-16(12)19(23)18-11-21-20(24-18)22-17-10-14(3)13(2)9-15(17)4/h5-11H,2H2,1,3-4H3,(H,21,22). The van der Waals surface area contributed by atoms with Crippen LogP contribution in [0.4, 0.5) is 10.8 Å². The number of aromatic nitrogens is 1. The number of hydrogen-bond donors (Lipinski definition) is 1. The summed E-state index contributed by atoms with van der Waals surface area (Å²) in [5.74, 6) is 0.0136. The number of carbonyl (C=O) groups is 1. The lowest BCUT2D eigenvalue weighted by Gasteiger charge is -2.10. The molecule has 0 saturated heterocycles. The predicted molar refractivity (Wildman–Crippen MR) is 100 cm³/mol.